The van der Waals surface area contributed by atoms with Crippen LogP contribution in [0.2, 0.25) is 0 Å². The van der Waals surface area contributed by atoms with E-state index in [0.717, 1.165) is 41.9 Å². The molecule has 2 atom stereocenters. The maximum atomic E-state index is 9.43. The lowest BCUT2D eigenvalue weighted by Gasteiger charge is -2.20. The van der Waals surface area contributed by atoms with Gasteiger partial charge in [-0.25, -0.2) is 0 Å². The van der Waals surface area contributed by atoms with Crippen molar-refractivity contribution in [3.8, 4) is 5.75 Å². The molecule has 1 fully saturated rings. The summed E-state index contributed by atoms with van der Waals surface area (Å²) in [5.74, 6) is 1.22. The minimum absolute atomic E-state index is 0.0556. The molecule has 0 heterocycles. The summed E-state index contributed by atoms with van der Waals surface area (Å²) in [5.41, 5.74) is 9.89. The number of aliphatic hydroxyl groups excluding tert-OH is 1. The number of nitrogens with two attached hydrogens (primary N) is 1. The second kappa shape index (κ2) is 8.55. The van der Waals surface area contributed by atoms with Crippen molar-refractivity contribution in [2.75, 3.05) is 13.7 Å². The maximum Gasteiger partial charge on any atom is 0.142 e. The summed E-state index contributed by atoms with van der Waals surface area (Å²) < 4.78 is 5.23. The highest BCUT2D eigenvalue weighted by Gasteiger charge is 2.35. The van der Waals surface area contributed by atoms with Crippen LogP contribution in [0, 0.1) is 0 Å². The first-order valence-electron chi connectivity index (χ1n) is 9.32. The number of aliphatic hydroxyl groups is 1. The molecular weight excluding hydrogens is 340 g/mol. The molecule has 1 aliphatic carbocycles. The van der Waals surface area contributed by atoms with Crippen molar-refractivity contribution in [1.82, 2.24) is 0 Å². The molecule has 0 radical (unpaired) electrons. The smallest absolute Gasteiger partial charge is 0.142 e. The van der Waals surface area contributed by atoms with Crippen LogP contribution in [0.4, 0.5) is 0 Å². The van der Waals surface area contributed by atoms with Crippen molar-refractivity contribution in [1.29, 1.82) is 0 Å². The van der Waals surface area contributed by atoms with Crippen LogP contribution in [0.3, 0.4) is 0 Å². The molecule has 3 rings (SSSR count). The standard InChI is InChI=1S/C22H28N2O3/c1-16(19-4-3-5-21(12-19)26-2)24-27-14-17-6-8-18(9-7-17)20-10-11-22(23,13-20)15-25/h3-9,12,20,25H,10-11,13-15,23H2,1-2H3/b24-16+/t20-,22+/m0/s1. The zero-order valence-electron chi connectivity index (χ0n) is 16.0. The molecule has 144 valence electrons. The normalized spacial score (nSPS) is 22.7. The van der Waals surface area contributed by atoms with Gasteiger partial charge in [-0.2, -0.15) is 0 Å². The Morgan fingerprint density at radius 1 is 1.26 bits per heavy atom. The number of oxime groups is 1. The first-order valence-corrected chi connectivity index (χ1v) is 9.32. The third kappa shape index (κ3) is 4.87. The van der Waals surface area contributed by atoms with Crippen LogP contribution in [-0.4, -0.2) is 30.1 Å². The van der Waals surface area contributed by atoms with Gasteiger partial charge in [0.15, 0.2) is 0 Å². The zero-order valence-corrected chi connectivity index (χ0v) is 16.0. The SMILES string of the molecule is COc1cccc(/C(C)=N/OCc2ccc([C@H]3CC[C@](N)(CO)C3)cc2)c1. The highest BCUT2D eigenvalue weighted by atomic mass is 16.6. The Morgan fingerprint density at radius 2 is 2.04 bits per heavy atom. The van der Waals surface area contributed by atoms with Gasteiger partial charge in [0.2, 0.25) is 0 Å². The largest absolute Gasteiger partial charge is 0.497 e. The average Bonchev–Trinajstić information content (AvgIpc) is 3.11. The maximum absolute atomic E-state index is 9.43. The summed E-state index contributed by atoms with van der Waals surface area (Å²) in [5, 5.41) is 13.6. The van der Waals surface area contributed by atoms with Crippen LogP contribution in [0.15, 0.2) is 53.7 Å². The fourth-order valence-corrected chi connectivity index (χ4v) is 3.58. The predicted octanol–water partition coefficient (Wildman–Crippen LogP) is 3.59. The second-order valence-corrected chi connectivity index (χ2v) is 7.38. The van der Waals surface area contributed by atoms with Crippen molar-refractivity contribution in [2.24, 2.45) is 10.9 Å². The number of rotatable bonds is 7. The molecule has 0 unspecified atom stereocenters. The van der Waals surface area contributed by atoms with Gasteiger partial charge in [0, 0.05) is 11.1 Å². The molecule has 2 aromatic rings. The third-order valence-electron chi connectivity index (χ3n) is 5.33. The number of hydrogen-bond acceptors (Lipinski definition) is 5. The molecule has 0 aromatic heterocycles. The molecule has 0 bridgehead atoms. The molecule has 5 heteroatoms. The van der Waals surface area contributed by atoms with Crippen LogP contribution < -0.4 is 10.5 Å². The monoisotopic (exact) mass is 368 g/mol. The summed E-state index contributed by atoms with van der Waals surface area (Å²) in [6.07, 6.45) is 2.73. The van der Waals surface area contributed by atoms with Gasteiger partial charge >= 0.3 is 0 Å². The minimum Gasteiger partial charge on any atom is -0.497 e. The van der Waals surface area contributed by atoms with Gasteiger partial charge in [-0.3, -0.25) is 0 Å². The number of ether oxygens (including phenoxy) is 1. The van der Waals surface area contributed by atoms with Crippen molar-refractivity contribution in [3.63, 3.8) is 0 Å². The fourth-order valence-electron chi connectivity index (χ4n) is 3.58. The number of hydrogen-bond donors (Lipinski definition) is 2. The minimum atomic E-state index is -0.418. The van der Waals surface area contributed by atoms with E-state index in [-0.39, 0.29) is 6.61 Å². The highest BCUT2D eigenvalue weighted by Crippen LogP contribution is 2.39. The Morgan fingerprint density at radius 3 is 2.70 bits per heavy atom. The van der Waals surface area contributed by atoms with E-state index in [4.69, 9.17) is 15.3 Å². The van der Waals surface area contributed by atoms with E-state index in [9.17, 15) is 5.11 Å². The third-order valence-corrected chi connectivity index (χ3v) is 5.33. The molecule has 1 aliphatic rings. The summed E-state index contributed by atoms with van der Waals surface area (Å²) in [4.78, 5) is 5.52. The Balaban J connectivity index is 1.56. The predicted molar refractivity (Wildman–Crippen MR) is 107 cm³/mol. The average molecular weight is 368 g/mol. The fraction of sp³-hybridized carbons (Fsp3) is 0.409. The zero-order chi connectivity index (χ0) is 19.3. The summed E-state index contributed by atoms with van der Waals surface area (Å²) >= 11 is 0. The summed E-state index contributed by atoms with van der Waals surface area (Å²) in [7, 11) is 1.65. The Labute approximate surface area is 160 Å². The van der Waals surface area contributed by atoms with Crippen LogP contribution in [0.25, 0.3) is 0 Å². The lowest BCUT2D eigenvalue weighted by Crippen LogP contribution is -2.40. The van der Waals surface area contributed by atoms with Crippen molar-refractivity contribution < 1.29 is 14.7 Å². The number of nitrogens with zero attached hydrogens (tertiary/aromatic N) is 1. The van der Waals surface area contributed by atoms with E-state index in [1.54, 1.807) is 7.11 Å². The van der Waals surface area contributed by atoms with E-state index in [2.05, 4.69) is 29.4 Å². The molecular formula is C22H28N2O3. The molecule has 0 spiro atoms. The van der Waals surface area contributed by atoms with E-state index < -0.39 is 5.54 Å². The Hall–Kier alpha value is -2.37. The van der Waals surface area contributed by atoms with E-state index in [1.165, 1.54) is 5.56 Å². The van der Waals surface area contributed by atoms with Gasteiger partial charge in [0.05, 0.1) is 19.4 Å². The van der Waals surface area contributed by atoms with E-state index in [1.807, 2.05) is 31.2 Å². The first-order chi connectivity index (χ1) is 13.0. The molecule has 3 N–H and O–H groups in total. The van der Waals surface area contributed by atoms with Crippen LogP contribution in [0.5, 0.6) is 5.75 Å². The summed E-state index contributed by atoms with van der Waals surface area (Å²) in [6.45, 7) is 2.39. The van der Waals surface area contributed by atoms with E-state index >= 15 is 0 Å². The topological polar surface area (TPSA) is 77.1 Å². The van der Waals surface area contributed by atoms with Gasteiger partial charge in [0.25, 0.3) is 0 Å². The van der Waals surface area contributed by atoms with Crippen molar-refractivity contribution >= 4 is 5.71 Å². The van der Waals surface area contributed by atoms with Crippen LogP contribution in [-0.2, 0) is 11.4 Å². The number of methoxy groups -OCH3 is 1. The molecule has 0 aliphatic heterocycles. The van der Waals surface area contributed by atoms with Gasteiger partial charge in [-0.05, 0) is 55.4 Å². The van der Waals surface area contributed by atoms with Gasteiger partial charge < -0.3 is 20.4 Å². The highest BCUT2D eigenvalue weighted by molar-refractivity contribution is 5.98. The molecule has 5 nitrogen and oxygen atoms in total. The Kier molecular flexibility index (Phi) is 6.14. The van der Waals surface area contributed by atoms with Crippen LogP contribution in [0.1, 0.15) is 48.8 Å². The van der Waals surface area contributed by atoms with E-state index in [0.29, 0.717) is 12.5 Å². The summed E-state index contributed by atoms with van der Waals surface area (Å²) in [6, 6.07) is 16.1. The van der Waals surface area contributed by atoms with Crippen molar-refractivity contribution in [2.45, 2.75) is 44.2 Å². The lowest BCUT2D eigenvalue weighted by molar-refractivity contribution is 0.130. The van der Waals surface area contributed by atoms with Crippen molar-refractivity contribution in [3.05, 3.63) is 65.2 Å². The first kappa shape index (κ1) is 19.4. The van der Waals surface area contributed by atoms with Gasteiger partial charge in [-0.1, -0.05) is 41.6 Å². The molecule has 1 saturated carbocycles. The molecule has 27 heavy (non-hydrogen) atoms. The van der Waals surface area contributed by atoms with Gasteiger partial charge in [-0.15, -0.1) is 0 Å². The molecule has 0 saturated heterocycles. The molecule has 0 amide bonds. The lowest BCUT2D eigenvalue weighted by atomic mass is 9.93. The second-order valence-electron chi connectivity index (χ2n) is 7.38. The quantitative estimate of drug-likeness (QED) is 0.578. The Bertz CT molecular complexity index is 788. The molecule has 2 aromatic carbocycles. The van der Waals surface area contributed by atoms with Gasteiger partial charge in [0.1, 0.15) is 12.4 Å². The van der Waals surface area contributed by atoms with Crippen LogP contribution >= 0.6 is 0 Å². The number of benzene rings is 2.